The molecule has 1 aliphatic rings. The number of rotatable bonds is 4. The number of nitrogens with one attached hydrogen (secondary N) is 1. The summed E-state index contributed by atoms with van der Waals surface area (Å²) in [6, 6.07) is 6.14. The van der Waals surface area contributed by atoms with Gasteiger partial charge in [-0.2, -0.15) is 0 Å². The summed E-state index contributed by atoms with van der Waals surface area (Å²) in [5.41, 5.74) is 2.43. The van der Waals surface area contributed by atoms with E-state index in [1.165, 1.54) is 11.3 Å². The van der Waals surface area contributed by atoms with Crippen molar-refractivity contribution in [1.82, 2.24) is 5.32 Å². The van der Waals surface area contributed by atoms with Crippen LogP contribution in [0, 0.1) is 6.92 Å². The summed E-state index contributed by atoms with van der Waals surface area (Å²) >= 11 is 0. The van der Waals surface area contributed by atoms with Crippen LogP contribution in [0.5, 0.6) is 5.75 Å². The lowest BCUT2D eigenvalue weighted by Crippen LogP contribution is -2.24. The molecule has 0 spiro atoms. The third-order valence-corrected chi connectivity index (χ3v) is 2.77. The van der Waals surface area contributed by atoms with Crippen LogP contribution in [0.3, 0.4) is 0 Å². The van der Waals surface area contributed by atoms with Crippen LogP contribution in [-0.4, -0.2) is 39.6 Å². The van der Waals surface area contributed by atoms with Crippen LogP contribution in [0.25, 0.3) is 0 Å². The molecule has 0 unspecified atom stereocenters. The largest absolute Gasteiger partial charge is 0.486 e. The molecule has 0 radical (unpaired) electrons. The molecule has 4 nitrogen and oxygen atoms in total. The van der Waals surface area contributed by atoms with Gasteiger partial charge in [0.1, 0.15) is 18.2 Å². The van der Waals surface area contributed by atoms with E-state index in [1.54, 1.807) is 0 Å². The summed E-state index contributed by atoms with van der Waals surface area (Å²) in [5.74, 6) is 1.84. The smallest absolute Gasteiger partial charge is 0.145 e. The van der Waals surface area contributed by atoms with Crippen molar-refractivity contribution in [3.05, 3.63) is 23.8 Å². The first-order chi connectivity index (χ1) is 8.16. The molecule has 17 heavy (non-hydrogen) atoms. The lowest BCUT2D eigenvalue weighted by Gasteiger charge is -2.16. The number of amidine groups is 1. The number of nitrogens with zero attached hydrogens (tertiary/aromatic N) is 2. The third kappa shape index (κ3) is 2.90. The molecule has 0 atom stereocenters. The highest BCUT2D eigenvalue weighted by Gasteiger charge is 2.07. The Bertz CT molecular complexity index is 427. The van der Waals surface area contributed by atoms with E-state index in [0.29, 0.717) is 6.61 Å². The minimum Gasteiger partial charge on any atom is -0.486 e. The Morgan fingerprint density at radius 3 is 2.82 bits per heavy atom. The summed E-state index contributed by atoms with van der Waals surface area (Å²) in [4.78, 5) is 6.39. The van der Waals surface area contributed by atoms with Crippen molar-refractivity contribution in [1.29, 1.82) is 0 Å². The van der Waals surface area contributed by atoms with Crippen molar-refractivity contribution in [2.24, 2.45) is 4.99 Å². The van der Waals surface area contributed by atoms with E-state index in [0.717, 1.165) is 24.7 Å². The molecule has 1 aromatic rings. The topological polar surface area (TPSA) is 36.9 Å². The first kappa shape index (κ1) is 11.8. The van der Waals surface area contributed by atoms with Gasteiger partial charge in [-0.15, -0.1) is 0 Å². The molecule has 1 aromatic carbocycles. The summed E-state index contributed by atoms with van der Waals surface area (Å²) in [5, 5.41) is 3.19. The number of hydrogen-bond acceptors (Lipinski definition) is 4. The molecule has 0 bridgehead atoms. The zero-order valence-electron chi connectivity index (χ0n) is 10.7. The van der Waals surface area contributed by atoms with Gasteiger partial charge in [0, 0.05) is 26.3 Å². The lowest BCUT2D eigenvalue weighted by atomic mass is 10.2. The van der Waals surface area contributed by atoms with Crippen LogP contribution in [0.1, 0.15) is 5.56 Å². The van der Waals surface area contributed by atoms with Gasteiger partial charge in [0.25, 0.3) is 0 Å². The maximum absolute atomic E-state index is 5.69. The highest BCUT2D eigenvalue weighted by molar-refractivity contribution is 5.85. The molecule has 0 aromatic heterocycles. The minimum atomic E-state index is 0.529. The van der Waals surface area contributed by atoms with E-state index in [4.69, 9.17) is 4.74 Å². The van der Waals surface area contributed by atoms with Crippen LogP contribution >= 0.6 is 0 Å². The van der Waals surface area contributed by atoms with Crippen LogP contribution in [0.15, 0.2) is 23.2 Å². The highest BCUT2D eigenvalue weighted by Crippen LogP contribution is 2.23. The first-order valence-electron chi connectivity index (χ1n) is 5.85. The monoisotopic (exact) mass is 233 g/mol. The fourth-order valence-corrected chi connectivity index (χ4v) is 1.91. The van der Waals surface area contributed by atoms with Gasteiger partial charge >= 0.3 is 0 Å². The fraction of sp³-hybridized carbons (Fsp3) is 0.462. The van der Waals surface area contributed by atoms with E-state index >= 15 is 0 Å². The zero-order chi connectivity index (χ0) is 12.3. The predicted octanol–water partition coefficient (Wildman–Crippen LogP) is 1.44. The van der Waals surface area contributed by atoms with E-state index in [2.05, 4.69) is 34.3 Å². The molecular formula is C13H19N3O. The SMILES string of the molecule is Cc1cc(OCC2=NCCN2)ccc1N(C)C. The number of aliphatic imine (C=N–C) groups is 1. The number of hydrogen-bond donors (Lipinski definition) is 1. The molecular weight excluding hydrogens is 214 g/mol. The number of anilines is 1. The van der Waals surface area contributed by atoms with Crippen molar-refractivity contribution < 1.29 is 4.74 Å². The Morgan fingerprint density at radius 2 is 2.24 bits per heavy atom. The molecule has 0 aliphatic carbocycles. The van der Waals surface area contributed by atoms with Gasteiger partial charge in [-0.3, -0.25) is 4.99 Å². The Morgan fingerprint density at radius 1 is 1.41 bits per heavy atom. The number of aryl methyl sites for hydroxylation is 1. The molecule has 4 heteroatoms. The first-order valence-corrected chi connectivity index (χ1v) is 5.85. The number of benzene rings is 1. The normalized spacial score (nSPS) is 14.2. The molecule has 0 fully saturated rings. The Kier molecular flexibility index (Phi) is 3.52. The van der Waals surface area contributed by atoms with Crippen molar-refractivity contribution in [3.63, 3.8) is 0 Å². The predicted molar refractivity (Wildman–Crippen MR) is 71.3 cm³/mol. The molecule has 2 rings (SSSR count). The van der Waals surface area contributed by atoms with Crippen LogP contribution in [0.2, 0.25) is 0 Å². The summed E-state index contributed by atoms with van der Waals surface area (Å²) in [6.07, 6.45) is 0. The third-order valence-electron chi connectivity index (χ3n) is 2.77. The second-order valence-electron chi connectivity index (χ2n) is 4.39. The van der Waals surface area contributed by atoms with Gasteiger partial charge in [0.2, 0.25) is 0 Å². The highest BCUT2D eigenvalue weighted by atomic mass is 16.5. The van der Waals surface area contributed by atoms with Crippen molar-refractivity contribution in [2.45, 2.75) is 6.92 Å². The van der Waals surface area contributed by atoms with Gasteiger partial charge in [-0.1, -0.05) is 0 Å². The molecule has 0 saturated heterocycles. The molecule has 1 N–H and O–H groups in total. The Hall–Kier alpha value is -1.71. The molecule has 0 saturated carbocycles. The summed E-state index contributed by atoms with van der Waals surface area (Å²) in [7, 11) is 4.08. The quantitative estimate of drug-likeness (QED) is 0.855. The van der Waals surface area contributed by atoms with Gasteiger partial charge in [-0.05, 0) is 30.7 Å². The number of ether oxygens (including phenoxy) is 1. The van der Waals surface area contributed by atoms with Crippen LogP contribution in [-0.2, 0) is 0 Å². The molecule has 92 valence electrons. The maximum Gasteiger partial charge on any atom is 0.145 e. The van der Waals surface area contributed by atoms with E-state index < -0.39 is 0 Å². The Labute approximate surface area is 102 Å². The molecule has 1 aliphatic heterocycles. The zero-order valence-corrected chi connectivity index (χ0v) is 10.7. The maximum atomic E-state index is 5.69. The average Bonchev–Trinajstić information content (AvgIpc) is 2.78. The van der Waals surface area contributed by atoms with Gasteiger partial charge in [0.05, 0.1) is 6.54 Å². The molecule has 0 amide bonds. The van der Waals surface area contributed by atoms with Crippen molar-refractivity contribution >= 4 is 11.5 Å². The van der Waals surface area contributed by atoms with Gasteiger partial charge < -0.3 is 15.0 Å². The molecule has 1 heterocycles. The standard InChI is InChI=1S/C13H19N3O/c1-10-8-11(4-5-12(10)16(2)3)17-9-13-14-6-7-15-13/h4-5,8H,6-7,9H2,1-3H3,(H,14,15). The minimum absolute atomic E-state index is 0.529. The van der Waals surface area contributed by atoms with E-state index in [9.17, 15) is 0 Å². The summed E-state index contributed by atoms with van der Waals surface area (Å²) in [6.45, 7) is 4.41. The van der Waals surface area contributed by atoms with Crippen molar-refractivity contribution in [2.75, 3.05) is 38.7 Å². The average molecular weight is 233 g/mol. The second kappa shape index (κ2) is 5.08. The van der Waals surface area contributed by atoms with Crippen LogP contribution in [0.4, 0.5) is 5.69 Å². The van der Waals surface area contributed by atoms with Gasteiger partial charge in [0.15, 0.2) is 0 Å². The Balaban J connectivity index is 1.99. The van der Waals surface area contributed by atoms with Gasteiger partial charge in [-0.25, -0.2) is 0 Å². The second-order valence-corrected chi connectivity index (χ2v) is 4.39. The fourth-order valence-electron chi connectivity index (χ4n) is 1.91. The van der Waals surface area contributed by atoms with Crippen molar-refractivity contribution in [3.8, 4) is 5.75 Å². The summed E-state index contributed by atoms with van der Waals surface area (Å²) < 4.78 is 5.69. The lowest BCUT2D eigenvalue weighted by molar-refractivity contribution is 0.373. The van der Waals surface area contributed by atoms with E-state index in [1.807, 2.05) is 20.2 Å². The van der Waals surface area contributed by atoms with E-state index in [-0.39, 0.29) is 0 Å². The van der Waals surface area contributed by atoms with Crippen LogP contribution < -0.4 is 15.0 Å².